The Kier molecular flexibility index (Phi) is 9.75. The van der Waals surface area contributed by atoms with E-state index in [1.165, 1.54) is 45.3 Å². The second-order valence-corrected chi connectivity index (χ2v) is 20.4. The maximum Gasteiger partial charge on any atom is 0.199 e. The Labute approximate surface area is 387 Å². The van der Waals surface area contributed by atoms with Crippen LogP contribution in [-0.4, -0.2) is 33.1 Å². The molecule has 0 atom stereocenters. The van der Waals surface area contributed by atoms with Crippen molar-refractivity contribution in [1.82, 2.24) is 9.97 Å². The second-order valence-electron chi connectivity index (χ2n) is 16.1. The van der Waals surface area contributed by atoms with E-state index in [-0.39, 0.29) is 33.4 Å². The molecule has 66 heavy (non-hydrogen) atoms. The quantitative estimate of drug-likeness (QED) is 0.163. The van der Waals surface area contributed by atoms with Crippen LogP contribution < -0.4 is 18.1 Å². The van der Waals surface area contributed by atoms with E-state index in [1.54, 1.807) is 24.3 Å². The lowest BCUT2D eigenvalue weighted by molar-refractivity contribution is 0.101. The van der Waals surface area contributed by atoms with Gasteiger partial charge in [-0.2, -0.15) is 0 Å². The molecular weight excluding hydrogens is 921 g/mol. The van der Waals surface area contributed by atoms with Crippen molar-refractivity contribution in [3.05, 3.63) is 181 Å². The summed E-state index contributed by atoms with van der Waals surface area (Å²) in [5, 5.41) is 1.33. The molecule has 0 N–H and O–H groups in total. The lowest BCUT2D eigenvalue weighted by Gasteiger charge is -2.16. The molecule has 0 radical (unpaired) electrons. The van der Waals surface area contributed by atoms with Gasteiger partial charge in [0.25, 0.3) is 0 Å². The molecule has 5 aromatic carbocycles. The molecule has 0 amide bonds. The first-order valence-corrected chi connectivity index (χ1v) is 23.6. The van der Waals surface area contributed by atoms with E-state index in [0.717, 1.165) is 89.2 Å². The fourth-order valence-corrected chi connectivity index (χ4v) is 13.3. The van der Waals surface area contributed by atoms with Crippen molar-refractivity contribution >= 4 is 112 Å². The van der Waals surface area contributed by atoms with Gasteiger partial charge in [0.1, 0.15) is 10.0 Å². The topological polar surface area (TPSA) is 94.1 Å². The zero-order valence-corrected chi connectivity index (χ0v) is 38.2. The molecule has 14 heteroatoms. The van der Waals surface area contributed by atoms with E-state index in [9.17, 15) is 36.7 Å². The number of hydrogen-bond donors (Lipinski definition) is 0. The summed E-state index contributed by atoms with van der Waals surface area (Å²) in [6, 6.07) is 22.3. The highest BCUT2D eigenvalue weighted by atomic mass is 32.1. The van der Waals surface area contributed by atoms with Crippen LogP contribution in [0, 0.1) is 51.0 Å². The Hall–Kier alpha value is -6.84. The van der Waals surface area contributed by atoms with Crippen LogP contribution in [-0.2, 0) is 0 Å². The molecular formula is C52H28F4N2O4S4. The van der Waals surface area contributed by atoms with Gasteiger partial charge in [0.05, 0.1) is 31.6 Å². The first-order valence-electron chi connectivity index (χ1n) is 20.4. The molecule has 0 aliphatic heterocycles. The molecule has 0 saturated carbocycles. The zero-order chi connectivity index (χ0) is 46.0. The summed E-state index contributed by atoms with van der Waals surface area (Å²) in [6.07, 6.45) is 3.80. The van der Waals surface area contributed by atoms with Gasteiger partial charge in [0, 0.05) is 51.5 Å². The first-order chi connectivity index (χ1) is 31.7. The number of carbonyl (C=O) groups excluding carboxylic acids is 4. The number of aromatic nitrogens is 2. The highest BCUT2D eigenvalue weighted by Crippen LogP contribution is 2.50. The second kappa shape index (κ2) is 15.4. The third-order valence-corrected chi connectivity index (χ3v) is 16.1. The first kappa shape index (κ1) is 41.8. The molecule has 4 aromatic heterocycles. The number of Topliss-reactive ketones (excluding diaryl/α,β-unsaturated/α-hetero) is 4. The van der Waals surface area contributed by atoms with Gasteiger partial charge in [-0.05, 0) is 122 Å². The highest BCUT2D eigenvalue weighted by Gasteiger charge is 2.37. The van der Waals surface area contributed by atoms with Gasteiger partial charge in [0.15, 0.2) is 46.4 Å². The van der Waals surface area contributed by atoms with Crippen molar-refractivity contribution in [3.8, 4) is 22.3 Å². The lowest BCUT2D eigenvalue weighted by atomic mass is 9.90. The van der Waals surface area contributed by atoms with Crippen LogP contribution in [0.4, 0.5) is 17.6 Å². The number of ketones is 4. The SMILES string of the molecule is Cc1cccc(C)c1-c1c2nc(/C=c3\ccc(=C4C(=O)c5cc(F)c(F)cc5C4=O)s3)sc2c(-c2c(C)cccc2C)c2nc(/C=c3\ccc(=C4C(=O)c5cc(F)c(F)cc5C4=O)s3)sc12. The van der Waals surface area contributed by atoms with Gasteiger partial charge in [0.2, 0.25) is 0 Å². The summed E-state index contributed by atoms with van der Waals surface area (Å²) in [4.78, 5) is 64.1. The number of aryl methyl sites for hydroxylation is 4. The summed E-state index contributed by atoms with van der Waals surface area (Å²) in [6.45, 7) is 8.23. The van der Waals surface area contributed by atoms with Crippen LogP contribution in [0.5, 0.6) is 0 Å². The predicted molar refractivity (Wildman–Crippen MR) is 254 cm³/mol. The number of benzene rings is 5. The van der Waals surface area contributed by atoms with E-state index < -0.39 is 46.4 Å². The Bertz CT molecular complexity index is 3590. The average molecular weight is 949 g/mol. The van der Waals surface area contributed by atoms with Crippen molar-refractivity contribution in [2.75, 3.05) is 0 Å². The van der Waals surface area contributed by atoms with Gasteiger partial charge in [-0.1, -0.05) is 36.4 Å². The number of hydrogen-bond acceptors (Lipinski definition) is 10. The van der Waals surface area contributed by atoms with Gasteiger partial charge in [-0.15, -0.1) is 45.3 Å². The third kappa shape index (κ3) is 6.45. The van der Waals surface area contributed by atoms with Crippen LogP contribution in [0.2, 0.25) is 0 Å². The average Bonchev–Trinajstić information content (AvgIpc) is 4.14. The third-order valence-electron chi connectivity index (χ3n) is 12.0. The van der Waals surface area contributed by atoms with E-state index in [1.807, 2.05) is 24.3 Å². The van der Waals surface area contributed by atoms with Crippen molar-refractivity contribution in [3.63, 3.8) is 0 Å². The predicted octanol–water partition coefficient (Wildman–Crippen LogP) is 10.3. The van der Waals surface area contributed by atoms with E-state index in [0.29, 0.717) is 28.1 Å². The van der Waals surface area contributed by atoms with Crippen LogP contribution in [0.1, 0.15) is 73.7 Å². The molecule has 9 aromatic rings. The van der Waals surface area contributed by atoms with Gasteiger partial charge in [-0.3, -0.25) is 19.2 Å². The van der Waals surface area contributed by atoms with Crippen LogP contribution in [0.15, 0.2) is 84.9 Å². The van der Waals surface area contributed by atoms with E-state index >= 15 is 0 Å². The van der Waals surface area contributed by atoms with Crippen molar-refractivity contribution in [2.24, 2.45) is 0 Å². The normalized spacial score (nSPS) is 14.3. The Morgan fingerprint density at radius 2 is 0.742 bits per heavy atom. The van der Waals surface area contributed by atoms with Gasteiger partial charge >= 0.3 is 0 Å². The molecule has 322 valence electrons. The van der Waals surface area contributed by atoms with Crippen LogP contribution >= 0.6 is 45.3 Å². The number of thiophene rings is 2. The highest BCUT2D eigenvalue weighted by molar-refractivity contribution is 7.22. The molecule has 0 spiro atoms. The molecule has 6 nitrogen and oxygen atoms in total. The largest absolute Gasteiger partial charge is 0.288 e. The number of rotatable bonds is 4. The summed E-state index contributed by atoms with van der Waals surface area (Å²) in [5.41, 5.74) is 8.58. The summed E-state index contributed by atoms with van der Waals surface area (Å²) < 4.78 is 60.4. The van der Waals surface area contributed by atoms with Crippen molar-refractivity contribution in [1.29, 1.82) is 0 Å². The smallest absolute Gasteiger partial charge is 0.199 e. The van der Waals surface area contributed by atoms with E-state index in [2.05, 4.69) is 52.0 Å². The molecule has 0 saturated heterocycles. The molecule has 0 fully saturated rings. The molecule has 4 heterocycles. The van der Waals surface area contributed by atoms with Crippen LogP contribution in [0.3, 0.4) is 0 Å². The van der Waals surface area contributed by atoms with Gasteiger partial charge in [-0.25, -0.2) is 27.5 Å². The summed E-state index contributed by atoms with van der Waals surface area (Å²) in [5.74, 6) is -7.39. The minimum atomic E-state index is -1.20. The Morgan fingerprint density at radius 3 is 1.06 bits per heavy atom. The fraction of sp³-hybridized carbons (Fsp3) is 0.0769. The van der Waals surface area contributed by atoms with Gasteiger partial charge < -0.3 is 0 Å². The zero-order valence-electron chi connectivity index (χ0n) is 34.9. The number of fused-ring (bicyclic) bond motifs is 4. The summed E-state index contributed by atoms with van der Waals surface area (Å²) in [7, 11) is 0. The molecule has 2 aliphatic carbocycles. The fourth-order valence-electron chi connectivity index (χ4n) is 8.98. The minimum absolute atomic E-state index is 0.130. The Balaban J connectivity index is 1.13. The lowest BCUT2D eigenvalue weighted by Crippen LogP contribution is -2.10. The van der Waals surface area contributed by atoms with Crippen molar-refractivity contribution in [2.45, 2.75) is 27.7 Å². The number of thiazole rings is 2. The van der Waals surface area contributed by atoms with E-state index in [4.69, 9.17) is 9.97 Å². The van der Waals surface area contributed by atoms with Crippen LogP contribution in [0.25, 0.3) is 66.0 Å². The standard InChI is InChI=1S/C52H28F4N2O4S4/c1-21-7-5-8-22(2)39(21)43-45-52(66-37(57-45)15-25-11-13-35(63-25)41-47(59)27-17-31(53)32(54)18-28(27)48(41)60)44(40-23(3)9-6-10-24(40)4)46-51(43)65-38(58-46)16-26-12-14-36(64-26)42-49(61)29-19-33(55)34(56)20-30(29)50(42)62/h5-20H,1-4H3/b25-15+,26-16+. The number of halogens is 4. The maximum atomic E-state index is 14.1. The summed E-state index contributed by atoms with van der Waals surface area (Å²) >= 11 is 5.40. The monoisotopic (exact) mass is 948 g/mol. The minimum Gasteiger partial charge on any atom is -0.288 e. The molecule has 11 rings (SSSR count). The maximum absolute atomic E-state index is 14.1. The van der Waals surface area contributed by atoms with Crippen molar-refractivity contribution < 1.29 is 36.7 Å². The number of carbonyl (C=O) groups is 4. The Morgan fingerprint density at radius 1 is 0.424 bits per heavy atom. The molecule has 0 bridgehead atoms. The molecule has 2 aliphatic rings. The number of nitrogens with zero attached hydrogens (tertiary/aromatic N) is 2. The molecule has 0 unspecified atom stereocenters.